The Kier molecular flexibility index (Phi) is 5.46. The van der Waals surface area contributed by atoms with E-state index >= 15 is 0 Å². The van der Waals surface area contributed by atoms with Gasteiger partial charge in [-0.15, -0.1) is 0 Å². The number of aromatic nitrogens is 2. The lowest BCUT2D eigenvalue weighted by atomic mass is 10.1. The van der Waals surface area contributed by atoms with E-state index in [1.165, 1.54) is 12.7 Å². The summed E-state index contributed by atoms with van der Waals surface area (Å²) in [6.45, 7) is 2.81. The molecule has 0 bridgehead atoms. The van der Waals surface area contributed by atoms with Crippen molar-refractivity contribution >= 4 is 16.9 Å². The van der Waals surface area contributed by atoms with Crippen LogP contribution in [0.25, 0.3) is 11.0 Å². The van der Waals surface area contributed by atoms with Gasteiger partial charge in [0.1, 0.15) is 12.4 Å². The summed E-state index contributed by atoms with van der Waals surface area (Å²) in [7, 11) is 1.51. The van der Waals surface area contributed by atoms with Crippen molar-refractivity contribution in [1.82, 2.24) is 14.9 Å². The van der Waals surface area contributed by atoms with E-state index in [1.54, 1.807) is 0 Å². The molecule has 1 atom stereocenters. The molecule has 1 amide bonds. The molecule has 1 N–H and O–H groups in total. The molecule has 3 rings (SSSR count). The molecule has 130 valence electrons. The van der Waals surface area contributed by atoms with E-state index in [4.69, 9.17) is 9.72 Å². The highest BCUT2D eigenvalue weighted by Gasteiger charge is 2.18. The van der Waals surface area contributed by atoms with Crippen molar-refractivity contribution in [2.75, 3.05) is 13.7 Å². The van der Waals surface area contributed by atoms with Crippen LogP contribution in [0.15, 0.2) is 54.6 Å². The zero-order valence-electron chi connectivity index (χ0n) is 14.6. The number of hydrogen-bond acceptors (Lipinski definition) is 3. The number of imidazole rings is 1. The van der Waals surface area contributed by atoms with E-state index in [1.807, 2.05) is 31.2 Å². The molecule has 1 heterocycles. The van der Waals surface area contributed by atoms with Crippen LogP contribution in [0.4, 0.5) is 0 Å². The van der Waals surface area contributed by atoms with E-state index in [9.17, 15) is 4.79 Å². The van der Waals surface area contributed by atoms with Gasteiger partial charge in [-0.3, -0.25) is 4.79 Å². The highest BCUT2D eigenvalue weighted by atomic mass is 16.5. The summed E-state index contributed by atoms with van der Waals surface area (Å²) in [4.78, 5) is 16.6. The van der Waals surface area contributed by atoms with Crippen LogP contribution in [-0.4, -0.2) is 29.2 Å². The molecule has 1 aromatic heterocycles. The molecular formula is C20H23N3O2. The average molecular weight is 337 g/mol. The Bertz CT molecular complexity index is 843. The molecular weight excluding hydrogens is 314 g/mol. The molecule has 0 radical (unpaired) electrons. The first-order chi connectivity index (χ1) is 12.2. The second-order valence-electron chi connectivity index (χ2n) is 6.07. The summed E-state index contributed by atoms with van der Waals surface area (Å²) in [5.74, 6) is 0.721. The molecule has 0 spiro atoms. The SMILES string of the molecule is COCC(=O)NC(C)c1nc2ccccc2n1CCc1ccccc1. The van der Waals surface area contributed by atoms with Gasteiger partial charge in [-0.2, -0.15) is 0 Å². The summed E-state index contributed by atoms with van der Waals surface area (Å²) >= 11 is 0. The van der Waals surface area contributed by atoms with Crippen molar-refractivity contribution < 1.29 is 9.53 Å². The normalized spacial score (nSPS) is 12.2. The van der Waals surface area contributed by atoms with E-state index in [2.05, 4.69) is 40.2 Å². The van der Waals surface area contributed by atoms with Crippen LogP contribution in [0.1, 0.15) is 24.4 Å². The number of amides is 1. The summed E-state index contributed by atoms with van der Waals surface area (Å²) < 4.78 is 7.09. The number of nitrogens with one attached hydrogen (secondary N) is 1. The smallest absolute Gasteiger partial charge is 0.246 e. The van der Waals surface area contributed by atoms with Gasteiger partial charge in [0.25, 0.3) is 0 Å². The van der Waals surface area contributed by atoms with Crippen LogP contribution in [0, 0.1) is 0 Å². The lowest BCUT2D eigenvalue weighted by Gasteiger charge is -2.16. The standard InChI is InChI=1S/C20H23N3O2/c1-15(21-19(24)14-25-2)20-22-17-10-6-7-11-18(17)23(20)13-12-16-8-4-3-5-9-16/h3-11,15H,12-14H2,1-2H3,(H,21,24). The number of ether oxygens (including phenoxy) is 1. The Morgan fingerprint density at radius 2 is 1.88 bits per heavy atom. The van der Waals surface area contributed by atoms with Crippen molar-refractivity contribution in [2.45, 2.75) is 25.9 Å². The van der Waals surface area contributed by atoms with Gasteiger partial charge >= 0.3 is 0 Å². The van der Waals surface area contributed by atoms with Crippen molar-refractivity contribution in [3.8, 4) is 0 Å². The van der Waals surface area contributed by atoms with Gasteiger partial charge in [0.15, 0.2) is 0 Å². The largest absolute Gasteiger partial charge is 0.375 e. The maximum Gasteiger partial charge on any atom is 0.246 e. The summed E-state index contributed by atoms with van der Waals surface area (Å²) in [5.41, 5.74) is 3.31. The number of nitrogens with zero attached hydrogens (tertiary/aromatic N) is 2. The van der Waals surface area contributed by atoms with E-state index in [0.717, 1.165) is 29.8 Å². The van der Waals surface area contributed by atoms with Crippen LogP contribution in [0.3, 0.4) is 0 Å². The zero-order chi connectivity index (χ0) is 17.6. The maximum atomic E-state index is 11.9. The van der Waals surface area contributed by atoms with Crippen LogP contribution >= 0.6 is 0 Å². The molecule has 0 aliphatic heterocycles. The van der Waals surface area contributed by atoms with Crippen LogP contribution < -0.4 is 5.32 Å². The molecule has 5 heteroatoms. The first-order valence-corrected chi connectivity index (χ1v) is 8.46. The Balaban J connectivity index is 1.87. The third kappa shape index (κ3) is 4.06. The number of carbonyl (C=O) groups excluding carboxylic acids is 1. The van der Waals surface area contributed by atoms with Crippen molar-refractivity contribution in [3.63, 3.8) is 0 Å². The second kappa shape index (κ2) is 7.94. The number of fused-ring (bicyclic) bond motifs is 1. The lowest BCUT2D eigenvalue weighted by Crippen LogP contribution is -2.31. The Morgan fingerprint density at radius 1 is 1.16 bits per heavy atom. The number of para-hydroxylation sites is 2. The van der Waals surface area contributed by atoms with Crippen LogP contribution in [0.2, 0.25) is 0 Å². The number of methoxy groups -OCH3 is 1. The monoisotopic (exact) mass is 337 g/mol. The highest BCUT2D eigenvalue weighted by molar-refractivity contribution is 5.78. The van der Waals surface area contributed by atoms with E-state index in [0.29, 0.717) is 0 Å². The molecule has 0 saturated heterocycles. The Labute approximate surface area is 147 Å². The molecule has 25 heavy (non-hydrogen) atoms. The van der Waals surface area contributed by atoms with Gasteiger partial charge in [-0.25, -0.2) is 4.98 Å². The van der Waals surface area contributed by atoms with Crippen molar-refractivity contribution in [3.05, 3.63) is 66.0 Å². The van der Waals surface area contributed by atoms with Gasteiger partial charge in [-0.1, -0.05) is 42.5 Å². The minimum atomic E-state index is -0.189. The van der Waals surface area contributed by atoms with Crippen molar-refractivity contribution in [2.24, 2.45) is 0 Å². The topological polar surface area (TPSA) is 56.1 Å². The molecule has 0 aliphatic rings. The fourth-order valence-electron chi connectivity index (χ4n) is 3.02. The number of carbonyl (C=O) groups is 1. The number of aryl methyl sites for hydroxylation is 2. The molecule has 0 saturated carbocycles. The maximum absolute atomic E-state index is 11.9. The van der Waals surface area contributed by atoms with Gasteiger partial charge in [0.2, 0.25) is 5.91 Å². The Hall–Kier alpha value is -2.66. The third-order valence-electron chi connectivity index (χ3n) is 4.19. The van der Waals surface area contributed by atoms with Gasteiger partial charge in [-0.05, 0) is 31.0 Å². The van der Waals surface area contributed by atoms with E-state index < -0.39 is 0 Å². The van der Waals surface area contributed by atoms with Gasteiger partial charge < -0.3 is 14.6 Å². The quantitative estimate of drug-likeness (QED) is 0.721. The Morgan fingerprint density at radius 3 is 2.64 bits per heavy atom. The van der Waals surface area contributed by atoms with E-state index in [-0.39, 0.29) is 18.6 Å². The fourth-order valence-corrected chi connectivity index (χ4v) is 3.02. The predicted octanol–water partition coefficient (Wildman–Crippen LogP) is 3.10. The second-order valence-corrected chi connectivity index (χ2v) is 6.07. The number of hydrogen-bond donors (Lipinski definition) is 1. The first kappa shape index (κ1) is 17.2. The lowest BCUT2D eigenvalue weighted by molar-refractivity contribution is -0.125. The zero-order valence-corrected chi connectivity index (χ0v) is 14.6. The van der Waals surface area contributed by atoms with Gasteiger partial charge in [0.05, 0.1) is 17.1 Å². The van der Waals surface area contributed by atoms with Crippen molar-refractivity contribution in [1.29, 1.82) is 0 Å². The first-order valence-electron chi connectivity index (χ1n) is 8.46. The molecule has 2 aromatic carbocycles. The third-order valence-corrected chi connectivity index (χ3v) is 4.19. The fraction of sp³-hybridized carbons (Fsp3) is 0.300. The minimum Gasteiger partial charge on any atom is -0.375 e. The molecule has 5 nitrogen and oxygen atoms in total. The summed E-state index contributed by atoms with van der Waals surface area (Å²) in [5, 5.41) is 2.95. The molecule has 1 unspecified atom stereocenters. The predicted molar refractivity (Wildman–Crippen MR) is 98.3 cm³/mol. The average Bonchev–Trinajstić information content (AvgIpc) is 3.00. The highest BCUT2D eigenvalue weighted by Crippen LogP contribution is 2.21. The number of benzene rings is 2. The molecule has 0 fully saturated rings. The van der Waals surface area contributed by atoms with Crippen LogP contribution in [0.5, 0.6) is 0 Å². The summed E-state index contributed by atoms with van der Waals surface area (Å²) in [6.07, 6.45) is 0.910. The molecule has 3 aromatic rings. The number of rotatable bonds is 7. The minimum absolute atomic E-state index is 0.0502. The van der Waals surface area contributed by atoms with Gasteiger partial charge in [0, 0.05) is 13.7 Å². The van der Waals surface area contributed by atoms with Crippen LogP contribution in [-0.2, 0) is 22.5 Å². The summed E-state index contributed by atoms with van der Waals surface area (Å²) in [6, 6.07) is 18.3. The molecule has 0 aliphatic carbocycles.